The zero-order valence-electron chi connectivity index (χ0n) is 15.1. The molecule has 1 aromatic heterocycles. The van der Waals surface area contributed by atoms with Gasteiger partial charge >= 0.3 is 0 Å². The van der Waals surface area contributed by atoms with Crippen molar-refractivity contribution in [1.82, 2.24) is 9.97 Å². The van der Waals surface area contributed by atoms with Gasteiger partial charge < -0.3 is 10.6 Å². The first-order chi connectivity index (χ1) is 13.6. The maximum absolute atomic E-state index is 11.0. The lowest BCUT2D eigenvalue weighted by molar-refractivity contribution is -0.384. The molecule has 0 atom stereocenters. The van der Waals surface area contributed by atoms with Crippen molar-refractivity contribution in [2.45, 2.75) is 6.92 Å². The number of aryl methyl sites for hydroxylation is 1. The van der Waals surface area contributed by atoms with E-state index in [1.807, 2.05) is 55.5 Å². The predicted octanol–water partition coefficient (Wildman–Crippen LogP) is 5.33. The predicted molar refractivity (Wildman–Crippen MR) is 110 cm³/mol. The minimum absolute atomic E-state index is 0.00351. The van der Waals surface area contributed by atoms with Gasteiger partial charge in [-0.3, -0.25) is 10.1 Å². The molecular formula is C21H17N5O2. The van der Waals surface area contributed by atoms with Gasteiger partial charge in [0.2, 0.25) is 5.95 Å². The molecule has 28 heavy (non-hydrogen) atoms. The Morgan fingerprint density at radius 3 is 2.43 bits per heavy atom. The Hall–Kier alpha value is -4.00. The Morgan fingerprint density at radius 2 is 1.64 bits per heavy atom. The number of hydrogen-bond donors (Lipinski definition) is 2. The number of anilines is 4. The number of non-ortho nitro benzene ring substituents is 1. The lowest BCUT2D eigenvalue weighted by atomic mass is 10.2. The summed E-state index contributed by atoms with van der Waals surface area (Å²) in [6, 6.07) is 21.9. The average Bonchev–Trinajstić information content (AvgIpc) is 2.70. The molecule has 0 spiro atoms. The van der Waals surface area contributed by atoms with E-state index in [0.29, 0.717) is 17.5 Å². The second-order valence-electron chi connectivity index (χ2n) is 6.34. The third-order valence-corrected chi connectivity index (χ3v) is 4.23. The van der Waals surface area contributed by atoms with Crippen molar-refractivity contribution in [3.63, 3.8) is 0 Å². The summed E-state index contributed by atoms with van der Waals surface area (Å²) in [6.45, 7) is 2.03. The maximum Gasteiger partial charge on any atom is 0.271 e. The quantitative estimate of drug-likeness (QED) is 0.364. The lowest BCUT2D eigenvalue weighted by Gasteiger charge is -2.12. The summed E-state index contributed by atoms with van der Waals surface area (Å²) < 4.78 is 0. The Bertz CT molecular complexity index is 1160. The fraction of sp³-hybridized carbons (Fsp3) is 0.0476. The SMILES string of the molecule is Cc1ccc(Nc2nc(Nc3cccc([N+](=O)[O-])c3)nc3ccccc23)cc1. The van der Waals surface area contributed by atoms with E-state index in [0.717, 1.165) is 16.6 Å². The highest BCUT2D eigenvalue weighted by Crippen LogP contribution is 2.27. The van der Waals surface area contributed by atoms with Gasteiger partial charge in [0.15, 0.2) is 0 Å². The summed E-state index contributed by atoms with van der Waals surface area (Å²) in [5.41, 5.74) is 3.40. The number of benzene rings is 3. The number of hydrogen-bond acceptors (Lipinski definition) is 6. The number of fused-ring (bicyclic) bond motifs is 1. The molecule has 0 aliphatic heterocycles. The summed E-state index contributed by atoms with van der Waals surface area (Å²) in [6.07, 6.45) is 0. The molecule has 138 valence electrons. The van der Waals surface area contributed by atoms with Gasteiger partial charge in [-0.1, -0.05) is 35.9 Å². The topological polar surface area (TPSA) is 93.0 Å². The first-order valence-electron chi connectivity index (χ1n) is 8.70. The Morgan fingerprint density at radius 1 is 0.857 bits per heavy atom. The second-order valence-corrected chi connectivity index (χ2v) is 6.34. The molecule has 3 aromatic carbocycles. The van der Waals surface area contributed by atoms with Crippen molar-refractivity contribution in [3.8, 4) is 0 Å². The van der Waals surface area contributed by atoms with Crippen LogP contribution in [-0.2, 0) is 0 Å². The van der Waals surface area contributed by atoms with Crippen LogP contribution in [0.1, 0.15) is 5.56 Å². The molecule has 7 nitrogen and oxygen atoms in total. The normalized spacial score (nSPS) is 10.6. The summed E-state index contributed by atoms with van der Waals surface area (Å²) >= 11 is 0. The standard InChI is InChI=1S/C21H17N5O2/c1-14-9-11-15(12-10-14)22-20-18-7-2-3-8-19(18)24-21(25-20)23-16-5-4-6-17(13-16)26(27)28/h2-13H,1H3,(H2,22,23,24,25). The van der Waals surface area contributed by atoms with Gasteiger partial charge in [-0.05, 0) is 37.3 Å². The fourth-order valence-corrected chi connectivity index (χ4v) is 2.83. The molecule has 0 bridgehead atoms. The summed E-state index contributed by atoms with van der Waals surface area (Å²) in [5, 5.41) is 18.3. The Labute approximate surface area is 161 Å². The van der Waals surface area contributed by atoms with E-state index in [1.54, 1.807) is 12.1 Å². The molecule has 0 aliphatic carbocycles. The van der Waals surface area contributed by atoms with Crippen LogP contribution in [0.25, 0.3) is 10.9 Å². The highest BCUT2D eigenvalue weighted by atomic mass is 16.6. The third kappa shape index (κ3) is 3.73. The van der Waals surface area contributed by atoms with Gasteiger partial charge in [0.05, 0.1) is 10.4 Å². The molecular weight excluding hydrogens is 354 g/mol. The second kappa shape index (κ2) is 7.32. The van der Waals surface area contributed by atoms with Crippen LogP contribution >= 0.6 is 0 Å². The van der Waals surface area contributed by atoms with E-state index in [2.05, 4.69) is 20.6 Å². The van der Waals surface area contributed by atoms with Gasteiger partial charge in [0.1, 0.15) is 5.82 Å². The summed E-state index contributed by atoms with van der Waals surface area (Å²) in [7, 11) is 0. The Kier molecular flexibility index (Phi) is 4.55. The molecule has 7 heteroatoms. The number of nitro benzene ring substituents is 1. The van der Waals surface area contributed by atoms with Crippen LogP contribution in [0.2, 0.25) is 0 Å². The molecule has 2 N–H and O–H groups in total. The van der Waals surface area contributed by atoms with E-state index in [-0.39, 0.29) is 5.69 Å². The van der Waals surface area contributed by atoms with Crippen molar-refractivity contribution in [2.75, 3.05) is 10.6 Å². The van der Waals surface area contributed by atoms with Crippen molar-refractivity contribution in [3.05, 3.63) is 88.5 Å². The number of nitrogens with zero attached hydrogens (tertiary/aromatic N) is 3. The van der Waals surface area contributed by atoms with Gasteiger partial charge in [-0.15, -0.1) is 0 Å². The summed E-state index contributed by atoms with van der Waals surface area (Å²) in [5.74, 6) is 1.01. The largest absolute Gasteiger partial charge is 0.340 e. The monoisotopic (exact) mass is 371 g/mol. The molecule has 0 saturated heterocycles. The first kappa shape index (κ1) is 17.4. The summed E-state index contributed by atoms with van der Waals surface area (Å²) in [4.78, 5) is 19.7. The number of rotatable bonds is 5. The molecule has 0 saturated carbocycles. The van der Waals surface area contributed by atoms with Crippen LogP contribution in [0.15, 0.2) is 72.8 Å². The molecule has 0 aliphatic rings. The van der Waals surface area contributed by atoms with Crippen LogP contribution in [-0.4, -0.2) is 14.9 Å². The van der Waals surface area contributed by atoms with E-state index < -0.39 is 4.92 Å². The van der Waals surface area contributed by atoms with Crippen molar-refractivity contribution >= 4 is 39.7 Å². The van der Waals surface area contributed by atoms with E-state index >= 15 is 0 Å². The number of nitrogens with one attached hydrogen (secondary N) is 2. The minimum atomic E-state index is -0.434. The van der Waals surface area contributed by atoms with Crippen LogP contribution in [0.3, 0.4) is 0 Å². The number of nitro groups is 1. The van der Waals surface area contributed by atoms with Gasteiger partial charge in [-0.2, -0.15) is 4.98 Å². The zero-order valence-corrected chi connectivity index (χ0v) is 15.1. The minimum Gasteiger partial charge on any atom is -0.340 e. The van der Waals surface area contributed by atoms with Crippen molar-refractivity contribution < 1.29 is 4.92 Å². The molecule has 0 radical (unpaired) electrons. The van der Waals surface area contributed by atoms with Crippen LogP contribution < -0.4 is 10.6 Å². The van der Waals surface area contributed by atoms with E-state index in [9.17, 15) is 10.1 Å². The van der Waals surface area contributed by atoms with Crippen LogP contribution in [0, 0.1) is 17.0 Å². The zero-order chi connectivity index (χ0) is 19.5. The van der Waals surface area contributed by atoms with Gasteiger partial charge in [0, 0.05) is 28.9 Å². The molecule has 1 heterocycles. The van der Waals surface area contributed by atoms with Gasteiger partial charge in [-0.25, -0.2) is 4.98 Å². The fourth-order valence-electron chi connectivity index (χ4n) is 2.83. The van der Waals surface area contributed by atoms with Crippen LogP contribution in [0.4, 0.5) is 28.8 Å². The molecule has 4 aromatic rings. The highest BCUT2D eigenvalue weighted by molar-refractivity contribution is 5.92. The van der Waals surface area contributed by atoms with Crippen LogP contribution in [0.5, 0.6) is 0 Å². The Balaban J connectivity index is 1.72. The molecule has 0 amide bonds. The molecule has 0 unspecified atom stereocenters. The van der Waals surface area contributed by atoms with Crippen molar-refractivity contribution in [1.29, 1.82) is 0 Å². The maximum atomic E-state index is 11.0. The smallest absolute Gasteiger partial charge is 0.271 e. The first-order valence-corrected chi connectivity index (χ1v) is 8.70. The van der Waals surface area contributed by atoms with Crippen molar-refractivity contribution in [2.24, 2.45) is 0 Å². The number of aromatic nitrogens is 2. The highest BCUT2D eigenvalue weighted by Gasteiger charge is 2.10. The molecule has 4 rings (SSSR count). The van der Waals surface area contributed by atoms with E-state index in [4.69, 9.17) is 0 Å². The molecule has 0 fully saturated rings. The lowest BCUT2D eigenvalue weighted by Crippen LogP contribution is -2.02. The average molecular weight is 371 g/mol. The van der Waals surface area contributed by atoms with E-state index in [1.165, 1.54) is 17.7 Å². The number of para-hydroxylation sites is 1. The van der Waals surface area contributed by atoms with Gasteiger partial charge in [0.25, 0.3) is 5.69 Å². The third-order valence-electron chi connectivity index (χ3n) is 4.23.